The third kappa shape index (κ3) is 2.02. The normalized spacial score (nSPS) is 24.9. The molecule has 80 valence electrons. The van der Waals surface area contributed by atoms with Gasteiger partial charge in [-0.2, -0.15) is 0 Å². The molecule has 0 saturated carbocycles. The predicted octanol–water partition coefficient (Wildman–Crippen LogP) is 1.35. The highest BCUT2D eigenvalue weighted by atomic mass is 79.9. The SMILES string of the molecule is OB(O)C1(Cl)Cc2ccccc2N(Br)C1. The van der Waals surface area contributed by atoms with Crippen LogP contribution in [0.4, 0.5) is 5.69 Å². The first-order valence-electron chi connectivity index (χ1n) is 4.59. The van der Waals surface area contributed by atoms with Gasteiger partial charge in [0.05, 0.1) is 5.69 Å². The van der Waals surface area contributed by atoms with Crippen LogP contribution in [-0.2, 0) is 6.42 Å². The molecule has 15 heavy (non-hydrogen) atoms. The fraction of sp³-hybridized carbons (Fsp3) is 0.333. The molecule has 6 heteroatoms. The van der Waals surface area contributed by atoms with Crippen molar-refractivity contribution >= 4 is 40.6 Å². The molecule has 0 saturated heterocycles. The van der Waals surface area contributed by atoms with Crippen molar-refractivity contribution in [3.63, 3.8) is 0 Å². The summed E-state index contributed by atoms with van der Waals surface area (Å²) in [7, 11) is -1.53. The second kappa shape index (κ2) is 3.98. The molecule has 2 N–H and O–H groups in total. The summed E-state index contributed by atoms with van der Waals surface area (Å²) in [6.07, 6.45) is 0.449. The number of halogens is 2. The lowest BCUT2D eigenvalue weighted by molar-refractivity contribution is 0.373. The minimum Gasteiger partial charge on any atom is -0.426 e. The fourth-order valence-corrected chi connectivity index (χ4v) is 2.96. The molecular weight excluding hydrogens is 280 g/mol. The average Bonchev–Trinajstić information content (AvgIpc) is 2.17. The quantitative estimate of drug-likeness (QED) is 0.466. The van der Waals surface area contributed by atoms with Crippen LogP contribution in [0.25, 0.3) is 0 Å². The Morgan fingerprint density at radius 1 is 1.40 bits per heavy atom. The van der Waals surface area contributed by atoms with Gasteiger partial charge in [-0.25, -0.2) is 0 Å². The van der Waals surface area contributed by atoms with Crippen LogP contribution in [-0.4, -0.2) is 28.5 Å². The monoisotopic (exact) mass is 289 g/mol. The zero-order chi connectivity index (χ0) is 11.1. The van der Waals surface area contributed by atoms with Crippen molar-refractivity contribution in [1.29, 1.82) is 0 Å². The highest BCUT2D eigenvalue weighted by molar-refractivity contribution is 9.10. The molecule has 0 amide bonds. The molecule has 0 aromatic heterocycles. The Hall–Kier alpha value is -0.225. The van der Waals surface area contributed by atoms with Gasteiger partial charge < -0.3 is 14.0 Å². The Morgan fingerprint density at radius 2 is 2.07 bits per heavy atom. The summed E-state index contributed by atoms with van der Waals surface area (Å²) in [5.41, 5.74) is 2.03. The molecule has 1 aliphatic rings. The summed E-state index contributed by atoms with van der Waals surface area (Å²) in [5.74, 6) is 0. The zero-order valence-electron chi connectivity index (χ0n) is 7.90. The molecule has 0 spiro atoms. The zero-order valence-corrected chi connectivity index (χ0v) is 10.2. The number of fused-ring (bicyclic) bond motifs is 1. The van der Waals surface area contributed by atoms with E-state index in [0.717, 1.165) is 11.3 Å². The number of anilines is 1. The van der Waals surface area contributed by atoms with Gasteiger partial charge in [-0.05, 0) is 18.1 Å². The van der Waals surface area contributed by atoms with E-state index in [1.807, 2.05) is 24.3 Å². The van der Waals surface area contributed by atoms with Gasteiger partial charge >= 0.3 is 7.12 Å². The molecule has 1 aromatic rings. The lowest BCUT2D eigenvalue weighted by atomic mass is 9.67. The number of alkyl halides is 1. The summed E-state index contributed by atoms with van der Waals surface area (Å²) >= 11 is 9.52. The van der Waals surface area contributed by atoms with Gasteiger partial charge in [-0.15, -0.1) is 11.6 Å². The van der Waals surface area contributed by atoms with Gasteiger partial charge in [-0.3, -0.25) is 0 Å². The lowest BCUT2D eigenvalue weighted by Crippen LogP contribution is -2.52. The van der Waals surface area contributed by atoms with Crippen LogP contribution >= 0.6 is 27.7 Å². The number of nitrogens with zero attached hydrogens (tertiary/aromatic N) is 1. The standard InChI is InChI=1S/C9H10BBrClNO2/c11-13-6-9(12,10(14)15)5-7-3-1-2-4-8(7)13/h1-4,14-15H,5-6H2. The van der Waals surface area contributed by atoms with Gasteiger partial charge in [0.15, 0.2) is 0 Å². The largest absolute Gasteiger partial charge is 0.476 e. The first-order valence-corrected chi connectivity index (χ1v) is 5.68. The first kappa shape index (κ1) is 11.3. The Morgan fingerprint density at radius 3 is 2.73 bits per heavy atom. The highest BCUT2D eigenvalue weighted by Crippen LogP contribution is 2.37. The van der Waals surface area contributed by atoms with Gasteiger partial charge in [0.1, 0.15) is 4.77 Å². The van der Waals surface area contributed by atoms with E-state index in [0.29, 0.717) is 13.0 Å². The van der Waals surface area contributed by atoms with Crippen molar-refractivity contribution in [3.8, 4) is 0 Å². The van der Waals surface area contributed by atoms with Crippen LogP contribution in [0, 0.1) is 0 Å². The van der Waals surface area contributed by atoms with E-state index in [-0.39, 0.29) is 0 Å². The second-order valence-electron chi connectivity index (χ2n) is 3.73. The van der Waals surface area contributed by atoms with E-state index in [4.69, 9.17) is 11.6 Å². The molecular formula is C9H10BBrClNO2. The average molecular weight is 290 g/mol. The third-order valence-corrected chi connectivity index (χ3v) is 3.68. The minimum absolute atomic E-state index is 0.350. The Balaban J connectivity index is 2.38. The number of rotatable bonds is 1. The molecule has 3 nitrogen and oxygen atoms in total. The van der Waals surface area contributed by atoms with Crippen LogP contribution in [0.15, 0.2) is 24.3 Å². The van der Waals surface area contributed by atoms with Crippen molar-refractivity contribution in [2.24, 2.45) is 0 Å². The summed E-state index contributed by atoms with van der Waals surface area (Å²) in [4.78, 5) is 0. The number of para-hydroxylation sites is 1. The first-order chi connectivity index (χ1) is 7.03. The second-order valence-corrected chi connectivity index (χ2v) is 5.34. The molecule has 1 aliphatic heterocycles. The fourth-order valence-electron chi connectivity index (χ4n) is 1.76. The maximum Gasteiger partial charge on any atom is 0.476 e. The van der Waals surface area contributed by atoms with Crippen molar-refractivity contribution in [1.82, 2.24) is 0 Å². The van der Waals surface area contributed by atoms with E-state index in [9.17, 15) is 10.0 Å². The van der Waals surface area contributed by atoms with Crippen molar-refractivity contribution < 1.29 is 10.0 Å². The van der Waals surface area contributed by atoms with Crippen molar-refractivity contribution in [2.45, 2.75) is 11.2 Å². The van der Waals surface area contributed by atoms with Crippen LogP contribution in [0.5, 0.6) is 0 Å². The number of hydrogen-bond donors (Lipinski definition) is 2. The van der Waals surface area contributed by atoms with Gasteiger partial charge in [0, 0.05) is 22.7 Å². The van der Waals surface area contributed by atoms with Crippen LogP contribution in [0.1, 0.15) is 5.56 Å². The van der Waals surface area contributed by atoms with Crippen molar-refractivity contribution in [2.75, 3.05) is 10.5 Å². The van der Waals surface area contributed by atoms with Crippen molar-refractivity contribution in [3.05, 3.63) is 29.8 Å². The molecule has 1 atom stereocenters. The Labute approximate surface area is 102 Å². The van der Waals surface area contributed by atoms with E-state index in [1.165, 1.54) is 0 Å². The van der Waals surface area contributed by atoms with E-state index in [1.54, 1.807) is 3.93 Å². The third-order valence-electron chi connectivity index (χ3n) is 2.60. The van der Waals surface area contributed by atoms with E-state index in [2.05, 4.69) is 16.1 Å². The minimum atomic E-state index is -1.53. The smallest absolute Gasteiger partial charge is 0.426 e. The highest BCUT2D eigenvalue weighted by Gasteiger charge is 2.45. The topological polar surface area (TPSA) is 43.7 Å². The van der Waals surface area contributed by atoms with Gasteiger partial charge in [-0.1, -0.05) is 18.2 Å². The Bertz CT molecular complexity index is 379. The van der Waals surface area contributed by atoms with E-state index < -0.39 is 11.9 Å². The summed E-state index contributed by atoms with van der Waals surface area (Å²) < 4.78 is 0.718. The van der Waals surface area contributed by atoms with Crippen LogP contribution < -0.4 is 3.93 Å². The summed E-state index contributed by atoms with van der Waals surface area (Å²) in [6, 6.07) is 7.74. The predicted molar refractivity (Wildman–Crippen MR) is 65.2 cm³/mol. The summed E-state index contributed by atoms with van der Waals surface area (Å²) in [5, 5.41) is 18.5. The van der Waals surface area contributed by atoms with Crippen LogP contribution in [0.2, 0.25) is 0 Å². The molecule has 0 bridgehead atoms. The molecule has 0 radical (unpaired) electrons. The molecule has 1 aromatic carbocycles. The number of hydrogen-bond acceptors (Lipinski definition) is 3. The van der Waals surface area contributed by atoms with E-state index >= 15 is 0 Å². The maximum absolute atomic E-state index is 9.26. The van der Waals surface area contributed by atoms with Crippen LogP contribution in [0.3, 0.4) is 0 Å². The lowest BCUT2D eigenvalue weighted by Gasteiger charge is -2.36. The molecule has 1 unspecified atom stereocenters. The molecule has 1 heterocycles. The van der Waals surface area contributed by atoms with Gasteiger partial charge in [0.2, 0.25) is 0 Å². The maximum atomic E-state index is 9.26. The molecule has 0 fully saturated rings. The number of benzene rings is 1. The summed E-state index contributed by atoms with van der Waals surface area (Å²) in [6.45, 7) is 0.350. The Kier molecular flexibility index (Phi) is 2.99. The van der Waals surface area contributed by atoms with Gasteiger partial charge in [0.25, 0.3) is 0 Å². The molecule has 0 aliphatic carbocycles. The molecule has 2 rings (SSSR count).